The summed E-state index contributed by atoms with van der Waals surface area (Å²) in [6.45, 7) is 0.739. The molecule has 1 amide bonds. The first-order valence-electron chi connectivity index (χ1n) is 8.46. The number of benzene rings is 1. The first-order chi connectivity index (χ1) is 13.6. The number of rotatable bonds is 6. The molecule has 0 saturated carbocycles. The van der Waals surface area contributed by atoms with Gasteiger partial charge in [0.2, 0.25) is 0 Å². The second-order valence-electron chi connectivity index (χ2n) is 5.97. The molecule has 3 aromatic rings. The highest BCUT2D eigenvalue weighted by molar-refractivity contribution is 6.35. The van der Waals surface area contributed by atoms with Crippen LogP contribution >= 0.6 is 23.2 Å². The molecule has 1 N–H and O–H groups in total. The Hall–Kier alpha value is -3.07. The topological polar surface area (TPSA) is 70.7 Å². The third kappa shape index (κ3) is 5.01. The van der Waals surface area contributed by atoms with Crippen molar-refractivity contribution in [2.45, 2.75) is 13.1 Å². The molecule has 2 aromatic heterocycles. The average Bonchev–Trinajstić information content (AvgIpc) is 3.14. The molecule has 0 spiro atoms. The number of aromatic nitrogens is 2. The molecule has 0 fully saturated rings. The number of nitrogens with one attached hydrogen (secondary N) is 1. The average molecular weight is 411 g/mol. The van der Waals surface area contributed by atoms with Crippen molar-refractivity contribution in [1.82, 2.24) is 14.9 Å². The van der Waals surface area contributed by atoms with Crippen LogP contribution < -0.4 is 5.32 Å². The van der Waals surface area contributed by atoms with Gasteiger partial charge in [0, 0.05) is 34.7 Å². The molecule has 0 bridgehead atoms. The molecule has 3 rings (SSSR count). The number of amides is 1. The van der Waals surface area contributed by atoms with Gasteiger partial charge in [-0.15, -0.1) is 0 Å². The van der Waals surface area contributed by atoms with Gasteiger partial charge in [-0.3, -0.25) is 9.78 Å². The highest BCUT2D eigenvalue weighted by atomic mass is 35.5. The number of hydrogen-bond donors (Lipinski definition) is 1. The molecule has 2 heterocycles. The van der Waals surface area contributed by atoms with E-state index in [0.29, 0.717) is 22.3 Å². The summed E-state index contributed by atoms with van der Waals surface area (Å²) in [5.74, 6) is -0.453. The van der Waals surface area contributed by atoms with E-state index in [1.54, 1.807) is 36.5 Å². The van der Waals surface area contributed by atoms with Crippen molar-refractivity contribution in [3.05, 3.63) is 93.5 Å². The van der Waals surface area contributed by atoms with E-state index < -0.39 is 5.91 Å². The van der Waals surface area contributed by atoms with Crippen LogP contribution in [0.3, 0.4) is 0 Å². The Morgan fingerprint density at radius 3 is 2.79 bits per heavy atom. The lowest BCUT2D eigenvalue weighted by molar-refractivity contribution is -0.117. The van der Waals surface area contributed by atoms with Crippen molar-refractivity contribution in [3.63, 3.8) is 0 Å². The minimum Gasteiger partial charge on any atom is -0.346 e. The van der Waals surface area contributed by atoms with Gasteiger partial charge in [0.1, 0.15) is 11.6 Å². The van der Waals surface area contributed by atoms with Gasteiger partial charge in [0.15, 0.2) is 0 Å². The molecule has 1 aromatic carbocycles. The van der Waals surface area contributed by atoms with E-state index in [1.807, 2.05) is 41.1 Å². The van der Waals surface area contributed by atoms with E-state index in [2.05, 4.69) is 10.3 Å². The van der Waals surface area contributed by atoms with Gasteiger partial charge in [-0.1, -0.05) is 35.3 Å². The lowest BCUT2D eigenvalue weighted by Crippen LogP contribution is -2.24. The molecule has 0 aliphatic carbocycles. The molecule has 0 aliphatic heterocycles. The molecular formula is C21H16Cl2N4O. The maximum Gasteiger partial charge on any atom is 0.262 e. The quantitative estimate of drug-likeness (QED) is 0.481. The predicted molar refractivity (Wildman–Crippen MR) is 110 cm³/mol. The third-order valence-electron chi connectivity index (χ3n) is 4.03. The molecular weight excluding hydrogens is 395 g/mol. The minimum atomic E-state index is -0.453. The highest BCUT2D eigenvalue weighted by Crippen LogP contribution is 2.22. The monoisotopic (exact) mass is 410 g/mol. The van der Waals surface area contributed by atoms with Crippen LogP contribution in [0.15, 0.2) is 66.5 Å². The van der Waals surface area contributed by atoms with E-state index in [4.69, 9.17) is 23.2 Å². The Balaban J connectivity index is 1.75. The zero-order chi connectivity index (χ0) is 19.9. The van der Waals surface area contributed by atoms with Gasteiger partial charge >= 0.3 is 0 Å². The Kier molecular flexibility index (Phi) is 6.49. The highest BCUT2D eigenvalue weighted by Gasteiger charge is 2.11. The van der Waals surface area contributed by atoms with Crippen molar-refractivity contribution in [1.29, 1.82) is 5.26 Å². The second kappa shape index (κ2) is 9.23. The van der Waals surface area contributed by atoms with Crippen LogP contribution in [0.25, 0.3) is 6.08 Å². The molecule has 0 atom stereocenters. The number of halogens is 2. The minimum absolute atomic E-state index is 0.0121. The molecule has 0 radical (unpaired) electrons. The third-order valence-corrected chi connectivity index (χ3v) is 4.62. The van der Waals surface area contributed by atoms with Gasteiger partial charge < -0.3 is 9.88 Å². The summed E-state index contributed by atoms with van der Waals surface area (Å²) >= 11 is 12.2. The van der Waals surface area contributed by atoms with Gasteiger partial charge in [-0.25, -0.2) is 0 Å². The molecule has 0 saturated heterocycles. The zero-order valence-electron chi connectivity index (χ0n) is 14.8. The number of carbonyl (C=O) groups excluding carboxylic acids is 1. The summed E-state index contributed by atoms with van der Waals surface area (Å²) in [5.41, 5.74) is 2.33. The summed E-state index contributed by atoms with van der Waals surface area (Å²) in [4.78, 5) is 16.5. The summed E-state index contributed by atoms with van der Waals surface area (Å²) in [6, 6.07) is 16.4. The molecule has 140 valence electrons. The molecule has 5 nitrogen and oxygen atoms in total. The van der Waals surface area contributed by atoms with Crippen LogP contribution in [-0.4, -0.2) is 15.5 Å². The van der Waals surface area contributed by atoms with Gasteiger partial charge in [0.05, 0.1) is 12.2 Å². The van der Waals surface area contributed by atoms with E-state index in [9.17, 15) is 10.1 Å². The molecule has 0 aliphatic rings. The Labute approximate surface area is 172 Å². The fourth-order valence-electron chi connectivity index (χ4n) is 2.60. The lowest BCUT2D eigenvalue weighted by atomic mass is 10.2. The van der Waals surface area contributed by atoms with E-state index in [-0.39, 0.29) is 12.1 Å². The van der Waals surface area contributed by atoms with Crippen LogP contribution in [0.5, 0.6) is 0 Å². The van der Waals surface area contributed by atoms with Crippen LogP contribution in [0.4, 0.5) is 0 Å². The van der Waals surface area contributed by atoms with Crippen LogP contribution in [-0.2, 0) is 17.9 Å². The van der Waals surface area contributed by atoms with Crippen molar-refractivity contribution in [2.75, 3.05) is 0 Å². The van der Waals surface area contributed by atoms with Crippen LogP contribution in [0.2, 0.25) is 10.0 Å². The summed E-state index contributed by atoms with van der Waals surface area (Å²) in [7, 11) is 0. The standard InChI is InChI=1S/C21H16Cl2N4O/c22-17-7-6-15(20(23)11-17)14-27-9-3-5-19(27)10-16(12-24)21(28)26-13-18-4-1-2-8-25-18/h1-11H,13-14H2,(H,26,28)/b16-10+. The molecule has 28 heavy (non-hydrogen) atoms. The molecule has 0 unspecified atom stereocenters. The Morgan fingerprint density at radius 2 is 2.07 bits per heavy atom. The van der Waals surface area contributed by atoms with Crippen LogP contribution in [0.1, 0.15) is 17.0 Å². The Morgan fingerprint density at radius 1 is 1.21 bits per heavy atom. The lowest BCUT2D eigenvalue weighted by Gasteiger charge is -2.09. The van der Waals surface area contributed by atoms with Crippen molar-refractivity contribution >= 4 is 35.2 Å². The second-order valence-corrected chi connectivity index (χ2v) is 6.81. The Bertz CT molecular complexity index is 1050. The van der Waals surface area contributed by atoms with Gasteiger partial charge in [-0.2, -0.15) is 5.26 Å². The smallest absolute Gasteiger partial charge is 0.262 e. The zero-order valence-corrected chi connectivity index (χ0v) is 16.3. The number of hydrogen-bond acceptors (Lipinski definition) is 3. The molecule has 7 heteroatoms. The van der Waals surface area contributed by atoms with Crippen molar-refractivity contribution in [2.24, 2.45) is 0 Å². The summed E-state index contributed by atoms with van der Waals surface area (Å²) in [5, 5.41) is 13.2. The van der Waals surface area contributed by atoms with Gasteiger partial charge in [-0.05, 0) is 48.0 Å². The summed E-state index contributed by atoms with van der Waals surface area (Å²) < 4.78 is 1.90. The fourth-order valence-corrected chi connectivity index (χ4v) is 3.07. The van der Waals surface area contributed by atoms with Gasteiger partial charge in [0.25, 0.3) is 5.91 Å². The number of nitriles is 1. The first-order valence-corrected chi connectivity index (χ1v) is 9.21. The van der Waals surface area contributed by atoms with E-state index in [1.165, 1.54) is 0 Å². The predicted octanol–water partition coefficient (Wildman–Crippen LogP) is 4.46. The van der Waals surface area contributed by atoms with Crippen molar-refractivity contribution in [3.8, 4) is 6.07 Å². The van der Waals surface area contributed by atoms with Crippen molar-refractivity contribution < 1.29 is 4.79 Å². The maximum atomic E-state index is 12.4. The first kappa shape index (κ1) is 19.7. The SMILES string of the molecule is N#C/C(=C\c1cccn1Cc1ccc(Cl)cc1Cl)C(=O)NCc1ccccn1. The normalized spacial score (nSPS) is 11.1. The number of nitrogens with zero attached hydrogens (tertiary/aromatic N) is 3. The number of carbonyl (C=O) groups is 1. The van der Waals surface area contributed by atoms with E-state index in [0.717, 1.165) is 11.3 Å². The summed E-state index contributed by atoms with van der Waals surface area (Å²) in [6.07, 6.45) is 5.06. The maximum absolute atomic E-state index is 12.4. The van der Waals surface area contributed by atoms with E-state index >= 15 is 0 Å². The number of pyridine rings is 1. The van der Waals surface area contributed by atoms with Crippen LogP contribution in [0, 0.1) is 11.3 Å². The fraction of sp³-hybridized carbons (Fsp3) is 0.0952. The largest absolute Gasteiger partial charge is 0.346 e.